The number of nitrogens with zero attached hydrogens (tertiary/aromatic N) is 1. The molecule has 0 aromatic heterocycles. The molecule has 0 aliphatic carbocycles. The minimum Gasteiger partial charge on any atom is -0.312 e. The van der Waals surface area contributed by atoms with Gasteiger partial charge in [-0.3, -0.25) is 0 Å². The minimum atomic E-state index is 0.708. The van der Waals surface area contributed by atoms with Gasteiger partial charge in [-0.1, -0.05) is 39.5 Å². The molecule has 0 saturated carbocycles. The van der Waals surface area contributed by atoms with Crippen LogP contribution in [-0.4, -0.2) is 48.6 Å². The number of unbranched alkanes of at least 4 members (excludes halogenated alkanes) is 3. The third-order valence-electron chi connectivity index (χ3n) is 3.93. The van der Waals surface area contributed by atoms with Crippen LogP contribution in [0.1, 0.15) is 52.4 Å². The molecule has 2 unspecified atom stereocenters. The van der Waals surface area contributed by atoms with Crippen LogP contribution in [0, 0.1) is 0 Å². The second-order valence-electron chi connectivity index (χ2n) is 5.53. The van der Waals surface area contributed by atoms with Crippen molar-refractivity contribution in [2.24, 2.45) is 0 Å². The summed E-state index contributed by atoms with van der Waals surface area (Å²) in [6.07, 6.45) is 8.14. The number of thioether (sulfide) groups is 1. The first-order valence-corrected chi connectivity index (χ1v) is 8.96. The van der Waals surface area contributed by atoms with Gasteiger partial charge in [-0.05, 0) is 26.4 Å². The largest absolute Gasteiger partial charge is 0.312 e. The van der Waals surface area contributed by atoms with Crippen LogP contribution < -0.4 is 5.32 Å². The lowest BCUT2D eigenvalue weighted by Gasteiger charge is -2.38. The van der Waals surface area contributed by atoms with Crippen molar-refractivity contribution in [3.63, 3.8) is 0 Å². The molecule has 1 N–H and O–H groups in total. The predicted octanol–water partition coefficient (Wildman–Crippen LogP) is 3.37. The molecular formula is C15H32N2S. The smallest absolute Gasteiger partial charge is 0.0337 e. The fourth-order valence-corrected chi connectivity index (χ4v) is 3.99. The molecule has 0 radical (unpaired) electrons. The maximum absolute atomic E-state index is 3.79. The van der Waals surface area contributed by atoms with E-state index in [0.717, 1.165) is 6.04 Å². The Hall–Kier alpha value is 0.270. The van der Waals surface area contributed by atoms with Crippen molar-refractivity contribution in [3.8, 4) is 0 Å². The zero-order valence-corrected chi connectivity index (χ0v) is 13.4. The molecular weight excluding hydrogens is 240 g/mol. The summed E-state index contributed by atoms with van der Waals surface area (Å²) in [5.41, 5.74) is 0. The fourth-order valence-electron chi connectivity index (χ4n) is 2.68. The summed E-state index contributed by atoms with van der Waals surface area (Å²) in [4.78, 5) is 2.57. The highest BCUT2D eigenvalue weighted by atomic mass is 32.2. The molecule has 0 bridgehead atoms. The van der Waals surface area contributed by atoms with Crippen molar-refractivity contribution >= 4 is 11.8 Å². The zero-order valence-electron chi connectivity index (χ0n) is 12.6. The van der Waals surface area contributed by atoms with Gasteiger partial charge >= 0.3 is 0 Å². The van der Waals surface area contributed by atoms with E-state index >= 15 is 0 Å². The first kappa shape index (κ1) is 16.3. The summed E-state index contributed by atoms with van der Waals surface area (Å²) in [6.45, 7) is 6.99. The van der Waals surface area contributed by atoms with E-state index in [1.54, 1.807) is 0 Å². The molecule has 18 heavy (non-hydrogen) atoms. The Balaban J connectivity index is 2.37. The Morgan fingerprint density at radius 1 is 1.22 bits per heavy atom. The van der Waals surface area contributed by atoms with Crippen LogP contribution in [0.4, 0.5) is 0 Å². The Morgan fingerprint density at radius 3 is 2.72 bits per heavy atom. The molecule has 1 saturated heterocycles. The maximum Gasteiger partial charge on any atom is 0.0337 e. The second kappa shape index (κ2) is 10.1. The van der Waals surface area contributed by atoms with Crippen molar-refractivity contribution < 1.29 is 0 Å². The number of likely N-dealkylation sites (N-methyl/N-ethyl adjacent to an activating group) is 1. The molecule has 1 aliphatic rings. The van der Waals surface area contributed by atoms with Crippen molar-refractivity contribution in [1.82, 2.24) is 10.2 Å². The van der Waals surface area contributed by atoms with Crippen LogP contribution >= 0.6 is 11.8 Å². The molecule has 1 heterocycles. The van der Waals surface area contributed by atoms with Crippen LogP contribution in [0.2, 0.25) is 0 Å². The lowest BCUT2D eigenvalue weighted by atomic mass is 10.00. The molecule has 1 fully saturated rings. The third kappa shape index (κ3) is 5.94. The van der Waals surface area contributed by atoms with Crippen LogP contribution in [0.5, 0.6) is 0 Å². The Kier molecular flexibility index (Phi) is 9.16. The molecule has 0 amide bonds. The van der Waals surface area contributed by atoms with Gasteiger partial charge in [-0.2, -0.15) is 11.8 Å². The van der Waals surface area contributed by atoms with Gasteiger partial charge in [-0.15, -0.1) is 0 Å². The Labute approximate surface area is 118 Å². The van der Waals surface area contributed by atoms with Gasteiger partial charge in [0, 0.05) is 30.1 Å². The summed E-state index contributed by atoms with van der Waals surface area (Å²) < 4.78 is 0. The summed E-state index contributed by atoms with van der Waals surface area (Å²) in [5.74, 6) is 2.62. The van der Waals surface area contributed by atoms with Crippen molar-refractivity contribution in [2.75, 3.05) is 31.6 Å². The van der Waals surface area contributed by atoms with E-state index in [1.807, 2.05) is 0 Å². The highest BCUT2D eigenvalue weighted by Crippen LogP contribution is 2.20. The SMILES string of the molecule is CCCCCCC(NCCC)C1CSCCN1C. The van der Waals surface area contributed by atoms with E-state index in [9.17, 15) is 0 Å². The van der Waals surface area contributed by atoms with Crippen LogP contribution in [0.25, 0.3) is 0 Å². The molecule has 1 rings (SSSR count). The maximum atomic E-state index is 3.79. The number of hydrogen-bond donors (Lipinski definition) is 1. The van der Waals surface area contributed by atoms with E-state index in [1.165, 1.54) is 63.1 Å². The van der Waals surface area contributed by atoms with E-state index in [-0.39, 0.29) is 0 Å². The van der Waals surface area contributed by atoms with Crippen LogP contribution in [-0.2, 0) is 0 Å². The van der Waals surface area contributed by atoms with E-state index in [4.69, 9.17) is 0 Å². The molecule has 2 atom stereocenters. The van der Waals surface area contributed by atoms with Crippen LogP contribution in [0.3, 0.4) is 0 Å². The lowest BCUT2D eigenvalue weighted by Crippen LogP contribution is -2.52. The number of hydrogen-bond acceptors (Lipinski definition) is 3. The molecule has 1 aliphatic heterocycles. The van der Waals surface area contributed by atoms with Crippen molar-refractivity contribution in [1.29, 1.82) is 0 Å². The van der Waals surface area contributed by atoms with Gasteiger partial charge in [0.1, 0.15) is 0 Å². The molecule has 3 heteroatoms. The van der Waals surface area contributed by atoms with E-state index in [2.05, 4.69) is 42.9 Å². The quantitative estimate of drug-likeness (QED) is 0.648. The standard InChI is InChI=1S/C15H32N2S/c1-4-6-7-8-9-14(16-10-5-2)15-13-18-12-11-17(15)3/h14-16H,4-13H2,1-3H3. The lowest BCUT2D eigenvalue weighted by molar-refractivity contribution is 0.205. The summed E-state index contributed by atoms with van der Waals surface area (Å²) in [6, 6.07) is 1.46. The predicted molar refractivity (Wildman–Crippen MR) is 84.6 cm³/mol. The van der Waals surface area contributed by atoms with E-state index in [0.29, 0.717) is 6.04 Å². The molecule has 2 nitrogen and oxygen atoms in total. The first-order chi connectivity index (χ1) is 8.79. The number of nitrogens with one attached hydrogen (secondary N) is 1. The van der Waals surface area contributed by atoms with Crippen LogP contribution in [0.15, 0.2) is 0 Å². The summed E-state index contributed by atoms with van der Waals surface area (Å²) >= 11 is 2.13. The van der Waals surface area contributed by atoms with Gasteiger partial charge < -0.3 is 10.2 Å². The van der Waals surface area contributed by atoms with Gasteiger partial charge in [-0.25, -0.2) is 0 Å². The fraction of sp³-hybridized carbons (Fsp3) is 1.00. The topological polar surface area (TPSA) is 15.3 Å². The average molecular weight is 273 g/mol. The first-order valence-electron chi connectivity index (χ1n) is 7.81. The van der Waals surface area contributed by atoms with Gasteiger partial charge in [0.05, 0.1) is 0 Å². The van der Waals surface area contributed by atoms with E-state index < -0.39 is 0 Å². The van der Waals surface area contributed by atoms with Crippen molar-refractivity contribution in [2.45, 2.75) is 64.5 Å². The molecule has 0 aromatic carbocycles. The molecule has 0 spiro atoms. The number of rotatable bonds is 9. The summed E-state index contributed by atoms with van der Waals surface area (Å²) in [5, 5.41) is 3.79. The minimum absolute atomic E-state index is 0.708. The van der Waals surface area contributed by atoms with Gasteiger partial charge in [0.15, 0.2) is 0 Å². The van der Waals surface area contributed by atoms with Gasteiger partial charge in [0.25, 0.3) is 0 Å². The zero-order chi connectivity index (χ0) is 13.2. The highest BCUT2D eigenvalue weighted by molar-refractivity contribution is 7.99. The normalized spacial score (nSPS) is 23.2. The highest BCUT2D eigenvalue weighted by Gasteiger charge is 2.26. The Bertz CT molecular complexity index is 199. The summed E-state index contributed by atoms with van der Waals surface area (Å²) in [7, 11) is 2.30. The Morgan fingerprint density at radius 2 is 2.06 bits per heavy atom. The molecule has 108 valence electrons. The molecule has 0 aromatic rings. The van der Waals surface area contributed by atoms with Gasteiger partial charge in [0.2, 0.25) is 0 Å². The monoisotopic (exact) mass is 272 g/mol. The average Bonchev–Trinajstić information content (AvgIpc) is 2.39. The third-order valence-corrected chi connectivity index (χ3v) is 4.98. The van der Waals surface area contributed by atoms with Crippen molar-refractivity contribution in [3.05, 3.63) is 0 Å². The second-order valence-corrected chi connectivity index (χ2v) is 6.68.